The van der Waals surface area contributed by atoms with E-state index in [0.717, 1.165) is 45.9 Å². The number of aromatic nitrogens is 2. The van der Waals surface area contributed by atoms with E-state index in [1.54, 1.807) is 11.3 Å². The summed E-state index contributed by atoms with van der Waals surface area (Å²) in [6.45, 7) is 9.02. The monoisotopic (exact) mass is 398 g/mol. The molecule has 0 saturated carbocycles. The highest BCUT2D eigenvalue weighted by atomic mass is 32.2. The number of aryl methyl sites for hydroxylation is 2. The molecule has 4 rings (SSSR count). The number of rotatable bonds is 2. The fraction of sp³-hybridized carbons (Fsp3) is 0.455. The Labute approximate surface area is 168 Å². The van der Waals surface area contributed by atoms with Crippen molar-refractivity contribution in [2.45, 2.75) is 52.1 Å². The summed E-state index contributed by atoms with van der Waals surface area (Å²) in [4.78, 5) is 20.8. The van der Waals surface area contributed by atoms with E-state index in [0.29, 0.717) is 11.3 Å². The van der Waals surface area contributed by atoms with Gasteiger partial charge in [0, 0.05) is 4.88 Å². The van der Waals surface area contributed by atoms with Crippen molar-refractivity contribution in [3.63, 3.8) is 0 Å². The predicted octanol–water partition coefficient (Wildman–Crippen LogP) is 5.63. The maximum Gasteiger partial charge on any atom is 0.267 e. The van der Waals surface area contributed by atoms with Crippen LogP contribution in [0, 0.1) is 18.3 Å². The van der Waals surface area contributed by atoms with Crippen molar-refractivity contribution in [1.29, 1.82) is 0 Å². The van der Waals surface area contributed by atoms with E-state index in [-0.39, 0.29) is 5.56 Å². The highest BCUT2D eigenvalue weighted by Gasteiger charge is 2.32. The first-order valence-electron chi connectivity index (χ1n) is 9.48. The average Bonchev–Trinajstić information content (AvgIpc) is 2.99. The van der Waals surface area contributed by atoms with Gasteiger partial charge in [-0.2, -0.15) is 0 Å². The van der Waals surface area contributed by atoms with E-state index in [1.807, 2.05) is 42.0 Å². The number of hydrogen-bond donors (Lipinski definition) is 0. The molecule has 3 nitrogen and oxygen atoms in total. The topological polar surface area (TPSA) is 34.9 Å². The lowest BCUT2D eigenvalue weighted by molar-refractivity contribution is 0.218. The second-order valence-electron chi connectivity index (χ2n) is 8.52. The average molecular weight is 399 g/mol. The van der Waals surface area contributed by atoms with Crippen molar-refractivity contribution in [3.8, 4) is 5.69 Å². The van der Waals surface area contributed by atoms with Crippen molar-refractivity contribution < 1.29 is 0 Å². The Bertz CT molecular complexity index is 1070. The molecule has 27 heavy (non-hydrogen) atoms. The Kier molecular flexibility index (Phi) is 4.71. The van der Waals surface area contributed by atoms with E-state index in [1.165, 1.54) is 22.2 Å². The number of hydrogen-bond acceptors (Lipinski definition) is 4. The molecule has 2 aromatic heterocycles. The molecular formula is C22H26N2OS2. The van der Waals surface area contributed by atoms with Crippen LogP contribution < -0.4 is 5.56 Å². The van der Waals surface area contributed by atoms with Crippen LogP contribution in [0.15, 0.2) is 34.2 Å². The Morgan fingerprint density at radius 3 is 2.67 bits per heavy atom. The molecule has 0 N–H and O–H groups in total. The Morgan fingerprint density at radius 2 is 2.00 bits per heavy atom. The Balaban J connectivity index is 1.95. The lowest BCUT2D eigenvalue weighted by Gasteiger charge is -2.33. The lowest BCUT2D eigenvalue weighted by atomic mass is 9.72. The van der Waals surface area contributed by atoms with Crippen molar-refractivity contribution in [2.24, 2.45) is 11.3 Å². The summed E-state index contributed by atoms with van der Waals surface area (Å²) >= 11 is 3.27. The predicted molar refractivity (Wildman–Crippen MR) is 117 cm³/mol. The number of fused-ring (bicyclic) bond motifs is 3. The standard InChI is InChI=1S/C22H26N2OS2/c1-13-8-6-7-9-16(13)24-20(25)18-15-11-10-14(22(2,3)4)12-17(15)27-19(18)23-21(24)26-5/h6-9,14H,10-12H2,1-5H3. The molecule has 0 spiro atoms. The third kappa shape index (κ3) is 3.15. The molecule has 0 aliphatic heterocycles. The Morgan fingerprint density at radius 1 is 1.26 bits per heavy atom. The van der Waals surface area contributed by atoms with Gasteiger partial charge in [-0.3, -0.25) is 9.36 Å². The van der Waals surface area contributed by atoms with Gasteiger partial charge in [0.1, 0.15) is 4.83 Å². The first-order chi connectivity index (χ1) is 12.8. The molecule has 3 aromatic rings. The van der Waals surface area contributed by atoms with Crippen LogP contribution in [-0.4, -0.2) is 15.8 Å². The Hall–Kier alpha value is -1.59. The van der Waals surface area contributed by atoms with E-state index < -0.39 is 0 Å². The van der Waals surface area contributed by atoms with Gasteiger partial charge in [0.05, 0.1) is 11.1 Å². The summed E-state index contributed by atoms with van der Waals surface area (Å²) in [5, 5.41) is 1.62. The summed E-state index contributed by atoms with van der Waals surface area (Å²) in [6.07, 6.45) is 5.20. The van der Waals surface area contributed by atoms with Gasteiger partial charge in [-0.15, -0.1) is 11.3 Å². The lowest BCUT2D eigenvalue weighted by Crippen LogP contribution is -2.27. The van der Waals surface area contributed by atoms with Crippen LogP contribution in [-0.2, 0) is 12.8 Å². The molecule has 0 saturated heterocycles. The number of nitrogens with zero attached hydrogens (tertiary/aromatic N) is 2. The zero-order valence-electron chi connectivity index (χ0n) is 16.6. The van der Waals surface area contributed by atoms with Gasteiger partial charge in [0.2, 0.25) is 0 Å². The van der Waals surface area contributed by atoms with Crippen molar-refractivity contribution in [1.82, 2.24) is 9.55 Å². The van der Waals surface area contributed by atoms with Crippen LogP contribution in [0.4, 0.5) is 0 Å². The van der Waals surface area contributed by atoms with Crippen LogP contribution in [0.1, 0.15) is 43.2 Å². The van der Waals surface area contributed by atoms with Gasteiger partial charge in [0.15, 0.2) is 5.16 Å². The van der Waals surface area contributed by atoms with Gasteiger partial charge >= 0.3 is 0 Å². The second kappa shape index (κ2) is 6.78. The minimum absolute atomic E-state index is 0.0883. The minimum atomic E-state index is 0.0883. The molecule has 5 heteroatoms. The van der Waals surface area contributed by atoms with Crippen molar-refractivity contribution in [2.75, 3.05) is 6.26 Å². The molecule has 0 radical (unpaired) electrons. The van der Waals surface area contributed by atoms with Crippen LogP contribution in [0.25, 0.3) is 15.9 Å². The maximum atomic E-state index is 13.6. The van der Waals surface area contributed by atoms with Gasteiger partial charge in [-0.1, -0.05) is 50.7 Å². The number of thiophene rings is 1. The molecule has 0 fully saturated rings. The molecule has 142 valence electrons. The quantitative estimate of drug-likeness (QED) is 0.414. The zero-order valence-corrected chi connectivity index (χ0v) is 18.3. The summed E-state index contributed by atoms with van der Waals surface area (Å²) in [5.74, 6) is 0.664. The molecule has 1 aromatic carbocycles. The SMILES string of the molecule is CSc1nc2sc3c(c2c(=O)n1-c1ccccc1C)CCC(C(C)(C)C)C3. The van der Waals surface area contributed by atoms with E-state index in [2.05, 4.69) is 20.8 Å². The van der Waals surface area contributed by atoms with Crippen LogP contribution in [0.2, 0.25) is 0 Å². The molecule has 2 heterocycles. The highest BCUT2D eigenvalue weighted by molar-refractivity contribution is 7.98. The van der Waals surface area contributed by atoms with Crippen LogP contribution in [0.3, 0.4) is 0 Å². The minimum Gasteiger partial charge on any atom is -0.268 e. The first-order valence-corrected chi connectivity index (χ1v) is 11.5. The smallest absolute Gasteiger partial charge is 0.267 e. The van der Waals surface area contributed by atoms with Crippen molar-refractivity contribution >= 4 is 33.3 Å². The highest BCUT2D eigenvalue weighted by Crippen LogP contribution is 2.42. The summed E-state index contributed by atoms with van der Waals surface area (Å²) < 4.78 is 1.81. The molecular weight excluding hydrogens is 372 g/mol. The number of para-hydroxylation sites is 1. The van der Waals surface area contributed by atoms with Gasteiger partial charge in [0.25, 0.3) is 5.56 Å². The summed E-state index contributed by atoms with van der Waals surface area (Å²) in [6, 6.07) is 8.05. The summed E-state index contributed by atoms with van der Waals surface area (Å²) in [7, 11) is 0. The van der Waals surface area contributed by atoms with E-state index in [4.69, 9.17) is 4.98 Å². The molecule has 1 aliphatic carbocycles. The normalized spacial score (nSPS) is 17.3. The maximum absolute atomic E-state index is 13.6. The van der Waals surface area contributed by atoms with Gasteiger partial charge in [-0.05, 0) is 61.0 Å². The molecule has 1 aliphatic rings. The molecule has 0 amide bonds. The number of benzene rings is 1. The van der Waals surface area contributed by atoms with Gasteiger partial charge < -0.3 is 0 Å². The largest absolute Gasteiger partial charge is 0.268 e. The first kappa shape index (κ1) is 18.8. The second-order valence-corrected chi connectivity index (χ2v) is 10.4. The van der Waals surface area contributed by atoms with E-state index >= 15 is 0 Å². The molecule has 1 unspecified atom stereocenters. The zero-order chi connectivity index (χ0) is 19.3. The molecule has 0 bridgehead atoms. The fourth-order valence-electron chi connectivity index (χ4n) is 4.11. The third-order valence-electron chi connectivity index (χ3n) is 5.82. The fourth-order valence-corrected chi connectivity index (χ4v) is 6.00. The summed E-state index contributed by atoms with van der Waals surface area (Å²) in [5.41, 5.74) is 3.67. The van der Waals surface area contributed by atoms with Gasteiger partial charge in [-0.25, -0.2) is 4.98 Å². The van der Waals surface area contributed by atoms with Crippen LogP contribution in [0.5, 0.6) is 0 Å². The molecule has 1 atom stereocenters. The van der Waals surface area contributed by atoms with Crippen molar-refractivity contribution in [3.05, 3.63) is 50.6 Å². The van der Waals surface area contributed by atoms with Crippen LogP contribution >= 0.6 is 23.1 Å². The number of thioether (sulfide) groups is 1. The third-order valence-corrected chi connectivity index (χ3v) is 7.60. The van der Waals surface area contributed by atoms with E-state index in [9.17, 15) is 4.79 Å².